The third-order valence-corrected chi connectivity index (χ3v) is 4.26. The van der Waals surface area contributed by atoms with Gasteiger partial charge in [-0.15, -0.1) is 0 Å². The van der Waals surface area contributed by atoms with Crippen LogP contribution < -0.4 is 0 Å². The molecule has 1 heterocycles. The maximum Gasteiger partial charge on any atom is 0.123 e. The Labute approximate surface area is 142 Å². The lowest BCUT2D eigenvalue weighted by Gasteiger charge is -2.06. The number of benzene rings is 3. The summed E-state index contributed by atoms with van der Waals surface area (Å²) in [5, 5.41) is 1.56. The van der Waals surface area contributed by atoms with E-state index in [-0.39, 0.29) is 11.6 Å². The van der Waals surface area contributed by atoms with E-state index in [9.17, 15) is 8.78 Å². The molecule has 0 saturated heterocycles. The zero-order chi connectivity index (χ0) is 16.7. The first kappa shape index (κ1) is 14.9. The Morgan fingerprint density at radius 2 is 1.29 bits per heavy atom. The SMILES string of the molecule is Fc1ccc(-c2[nH]c3ccc(Cl)cc3c2-c2ccc(F)cc2)cc1. The monoisotopic (exact) mass is 339 g/mol. The van der Waals surface area contributed by atoms with Gasteiger partial charge in [0.05, 0.1) is 5.69 Å². The Morgan fingerprint density at radius 1 is 0.708 bits per heavy atom. The fraction of sp³-hybridized carbons (Fsp3) is 0. The summed E-state index contributed by atoms with van der Waals surface area (Å²) in [6.07, 6.45) is 0. The van der Waals surface area contributed by atoms with Crippen LogP contribution in [0.4, 0.5) is 8.78 Å². The number of hydrogen-bond acceptors (Lipinski definition) is 0. The lowest BCUT2D eigenvalue weighted by atomic mass is 9.98. The number of aromatic nitrogens is 1. The number of hydrogen-bond donors (Lipinski definition) is 1. The standard InChI is InChI=1S/C20H12ClF2N/c21-14-5-10-18-17(11-14)19(12-1-6-15(22)7-2-12)20(24-18)13-3-8-16(23)9-4-13/h1-11,24H. The lowest BCUT2D eigenvalue weighted by Crippen LogP contribution is -1.84. The van der Waals surface area contributed by atoms with Crippen LogP contribution in [0.15, 0.2) is 66.7 Å². The summed E-state index contributed by atoms with van der Waals surface area (Å²) in [5.74, 6) is -0.582. The topological polar surface area (TPSA) is 15.8 Å². The highest BCUT2D eigenvalue weighted by Gasteiger charge is 2.15. The van der Waals surface area contributed by atoms with E-state index in [1.807, 2.05) is 18.2 Å². The summed E-state index contributed by atoms with van der Waals surface area (Å²) < 4.78 is 26.6. The average molecular weight is 340 g/mol. The van der Waals surface area contributed by atoms with Gasteiger partial charge in [-0.1, -0.05) is 23.7 Å². The molecule has 0 radical (unpaired) electrons. The Morgan fingerprint density at radius 3 is 1.92 bits per heavy atom. The number of H-pyrrole nitrogens is 1. The quantitative estimate of drug-likeness (QED) is 0.433. The van der Waals surface area contributed by atoms with E-state index < -0.39 is 0 Å². The minimum Gasteiger partial charge on any atom is -0.354 e. The molecular formula is C20H12ClF2N. The van der Waals surface area contributed by atoms with Crippen LogP contribution in [-0.4, -0.2) is 4.98 Å². The molecule has 4 aromatic rings. The van der Waals surface area contributed by atoms with E-state index in [0.29, 0.717) is 5.02 Å². The largest absolute Gasteiger partial charge is 0.354 e. The molecule has 0 fully saturated rings. The van der Waals surface area contributed by atoms with Gasteiger partial charge in [-0.3, -0.25) is 0 Å². The highest BCUT2D eigenvalue weighted by Crippen LogP contribution is 2.39. The van der Waals surface area contributed by atoms with Gasteiger partial charge in [0.2, 0.25) is 0 Å². The molecule has 3 aromatic carbocycles. The summed E-state index contributed by atoms with van der Waals surface area (Å²) in [4.78, 5) is 3.37. The molecule has 0 aliphatic rings. The summed E-state index contributed by atoms with van der Waals surface area (Å²) in [6, 6.07) is 18.2. The molecular weight excluding hydrogens is 328 g/mol. The van der Waals surface area contributed by atoms with Crippen molar-refractivity contribution in [2.75, 3.05) is 0 Å². The molecule has 0 saturated carbocycles. The molecule has 1 N–H and O–H groups in total. The molecule has 0 aliphatic heterocycles. The molecule has 24 heavy (non-hydrogen) atoms. The van der Waals surface area contributed by atoms with Crippen molar-refractivity contribution in [2.45, 2.75) is 0 Å². The highest BCUT2D eigenvalue weighted by molar-refractivity contribution is 6.31. The van der Waals surface area contributed by atoms with Crippen molar-refractivity contribution in [1.82, 2.24) is 4.98 Å². The first-order chi connectivity index (χ1) is 11.6. The smallest absolute Gasteiger partial charge is 0.123 e. The van der Waals surface area contributed by atoms with E-state index in [1.165, 1.54) is 24.3 Å². The van der Waals surface area contributed by atoms with Crippen LogP contribution in [0.3, 0.4) is 0 Å². The van der Waals surface area contributed by atoms with E-state index >= 15 is 0 Å². The molecule has 0 atom stereocenters. The second kappa shape index (κ2) is 5.77. The van der Waals surface area contributed by atoms with Gasteiger partial charge in [0, 0.05) is 21.5 Å². The van der Waals surface area contributed by atoms with Gasteiger partial charge in [-0.05, 0) is 65.7 Å². The fourth-order valence-electron chi connectivity index (χ4n) is 2.91. The van der Waals surface area contributed by atoms with Crippen molar-refractivity contribution in [3.63, 3.8) is 0 Å². The number of aromatic amines is 1. The second-order valence-electron chi connectivity index (χ2n) is 5.58. The zero-order valence-electron chi connectivity index (χ0n) is 12.5. The van der Waals surface area contributed by atoms with Gasteiger partial charge in [-0.25, -0.2) is 8.78 Å². The highest BCUT2D eigenvalue weighted by atomic mass is 35.5. The van der Waals surface area contributed by atoms with E-state index in [0.717, 1.165) is 33.3 Å². The molecule has 1 nitrogen and oxygen atoms in total. The van der Waals surface area contributed by atoms with Gasteiger partial charge in [-0.2, -0.15) is 0 Å². The van der Waals surface area contributed by atoms with E-state index in [2.05, 4.69) is 4.98 Å². The van der Waals surface area contributed by atoms with Crippen LogP contribution in [0.25, 0.3) is 33.3 Å². The van der Waals surface area contributed by atoms with Crippen LogP contribution in [0, 0.1) is 11.6 Å². The molecule has 0 spiro atoms. The van der Waals surface area contributed by atoms with Crippen LogP contribution in [-0.2, 0) is 0 Å². The lowest BCUT2D eigenvalue weighted by molar-refractivity contribution is 0.627. The van der Waals surface area contributed by atoms with Crippen molar-refractivity contribution in [1.29, 1.82) is 0 Å². The van der Waals surface area contributed by atoms with Gasteiger partial charge in [0.15, 0.2) is 0 Å². The average Bonchev–Trinajstić information content (AvgIpc) is 2.95. The molecule has 0 aliphatic carbocycles. The van der Waals surface area contributed by atoms with Gasteiger partial charge < -0.3 is 4.98 Å². The van der Waals surface area contributed by atoms with E-state index in [4.69, 9.17) is 11.6 Å². The molecule has 4 heteroatoms. The maximum absolute atomic E-state index is 13.3. The molecule has 0 amide bonds. The Balaban J connectivity index is 2.03. The minimum absolute atomic E-state index is 0.291. The van der Waals surface area contributed by atoms with Gasteiger partial charge >= 0.3 is 0 Å². The number of nitrogens with one attached hydrogen (secondary N) is 1. The van der Waals surface area contributed by atoms with Crippen LogP contribution in [0.5, 0.6) is 0 Å². The molecule has 118 valence electrons. The number of rotatable bonds is 2. The van der Waals surface area contributed by atoms with Crippen molar-refractivity contribution in [2.24, 2.45) is 0 Å². The fourth-order valence-corrected chi connectivity index (χ4v) is 3.09. The van der Waals surface area contributed by atoms with Crippen molar-refractivity contribution in [3.8, 4) is 22.4 Å². The Hall–Kier alpha value is -2.65. The Bertz CT molecular complexity index is 1020. The van der Waals surface area contributed by atoms with E-state index in [1.54, 1.807) is 24.3 Å². The first-order valence-electron chi connectivity index (χ1n) is 7.45. The third-order valence-electron chi connectivity index (χ3n) is 4.03. The zero-order valence-corrected chi connectivity index (χ0v) is 13.2. The molecule has 1 aromatic heterocycles. The third kappa shape index (κ3) is 2.57. The van der Waals surface area contributed by atoms with Crippen molar-refractivity contribution >= 4 is 22.5 Å². The van der Waals surface area contributed by atoms with Crippen LogP contribution >= 0.6 is 11.6 Å². The van der Waals surface area contributed by atoms with Crippen molar-refractivity contribution in [3.05, 3.63) is 83.4 Å². The van der Waals surface area contributed by atoms with Crippen molar-refractivity contribution < 1.29 is 8.78 Å². The van der Waals surface area contributed by atoms with Gasteiger partial charge in [0.25, 0.3) is 0 Å². The summed E-state index contributed by atoms with van der Waals surface area (Å²) >= 11 is 6.16. The summed E-state index contributed by atoms with van der Waals surface area (Å²) in [6.45, 7) is 0. The predicted octanol–water partition coefficient (Wildman–Crippen LogP) is 6.43. The predicted molar refractivity (Wildman–Crippen MR) is 94.1 cm³/mol. The number of fused-ring (bicyclic) bond motifs is 1. The Kier molecular flexibility index (Phi) is 3.58. The summed E-state index contributed by atoms with van der Waals surface area (Å²) in [5.41, 5.74) is 4.39. The molecule has 0 unspecified atom stereocenters. The number of halogens is 3. The molecule has 4 rings (SSSR count). The maximum atomic E-state index is 13.3. The normalized spacial score (nSPS) is 11.1. The first-order valence-corrected chi connectivity index (χ1v) is 7.83. The van der Waals surface area contributed by atoms with Crippen LogP contribution in [0.1, 0.15) is 0 Å². The van der Waals surface area contributed by atoms with Crippen LogP contribution in [0.2, 0.25) is 5.02 Å². The second-order valence-corrected chi connectivity index (χ2v) is 6.02. The molecule has 0 bridgehead atoms. The minimum atomic E-state index is -0.292. The van der Waals surface area contributed by atoms with Gasteiger partial charge in [0.1, 0.15) is 11.6 Å². The summed E-state index contributed by atoms with van der Waals surface area (Å²) in [7, 11) is 0.